The van der Waals surface area contributed by atoms with Crippen molar-refractivity contribution in [2.45, 2.75) is 0 Å². The van der Waals surface area contributed by atoms with Crippen LogP contribution in [0.3, 0.4) is 0 Å². The Hall–Kier alpha value is -1.34. The van der Waals surface area contributed by atoms with Gasteiger partial charge in [0.2, 0.25) is 0 Å². The topological polar surface area (TPSA) is 219 Å². The first-order valence-electron chi connectivity index (χ1n) is 6.56. The second-order valence-corrected chi connectivity index (χ2v) is 6.45. The summed E-state index contributed by atoms with van der Waals surface area (Å²) >= 11 is 0. The number of nitrogens with zero attached hydrogens (tertiary/aromatic N) is 2. The van der Waals surface area contributed by atoms with Gasteiger partial charge in [0, 0.05) is 24.3 Å². The van der Waals surface area contributed by atoms with E-state index >= 15 is 0 Å². The molecule has 0 N–H and O–H groups in total. The minimum absolute atomic E-state index is 0. The molecule has 0 amide bonds. The van der Waals surface area contributed by atoms with Crippen LogP contribution in [0.1, 0.15) is 0 Å². The van der Waals surface area contributed by atoms with Crippen molar-refractivity contribution < 1.29 is 103 Å². The van der Waals surface area contributed by atoms with E-state index in [2.05, 4.69) is 8.37 Å². The third kappa shape index (κ3) is 13.1. The average Bonchev–Trinajstić information content (AvgIpc) is 2.53. The van der Waals surface area contributed by atoms with Gasteiger partial charge in [0.05, 0.1) is 9.85 Å². The molecular formula is C12H8N2Na2O12S2. The summed E-state index contributed by atoms with van der Waals surface area (Å²) in [5.41, 5.74) is -0.443. The van der Waals surface area contributed by atoms with Gasteiger partial charge in [0.25, 0.3) is 32.2 Å². The molecule has 0 aliphatic heterocycles. The summed E-state index contributed by atoms with van der Waals surface area (Å²) < 4.78 is 68.5. The van der Waals surface area contributed by atoms with Crippen molar-refractivity contribution in [1.29, 1.82) is 0 Å². The summed E-state index contributed by atoms with van der Waals surface area (Å²) in [7, 11) is -9.66. The molecule has 0 aliphatic carbocycles. The van der Waals surface area contributed by atoms with Crippen molar-refractivity contribution in [2.24, 2.45) is 0 Å². The van der Waals surface area contributed by atoms with Crippen LogP contribution in [0.25, 0.3) is 0 Å². The first-order chi connectivity index (χ1) is 12.8. The Labute approximate surface area is 214 Å². The SMILES string of the molecule is O=[N+]([O-])c1ccc(OS(=O)(=O)[O-])cc1.O=[N+]([O-])c1ccc(OS(=O)(=O)[O-])cc1.[Na+].[Na+]. The van der Waals surface area contributed by atoms with E-state index in [1.165, 1.54) is 0 Å². The fourth-order valence-corrected chi connectivity index (χ4v) is 2.18. The second-order valence-electron chi connectivity index (χ2n) is 4.49. The molecule has 0 saturated heterocycles. The van der Waals surface area contributed by atoms with E-state index in [9.17, 15) is 46.2 Å². The molecule has 0 atom stereocenters. The molecule has 0 unspecified atom stereocenters. The maximum Gasteiger partial charge on any atom is 1.00 e. The molecule has 0 heterocycles. The molecule has 152 valence electrons. The van der Waals surface area contributed by atoms with Crippen LogP contribution in [0.15, 0.2) is 48.5 Å². The summed E-state index contributed by atoms with van der Waals surface area (Å²) in [6.07, 6.45) is 0. The molecule has 2 rings (SSSR count). The molecule has 0 radical (unpaired) electrons. The molecule has 30 heavy (non-hydrogen) atoms. The summed E-state index contributed by atoms with van der Waals surface area (Å²) in [6, 6.07) is 8.20. The van der Waals surface area contributed by atoms with Gasteiger partial charge in [-0.2, -0.15) is 0 Å². The Balaban J connectivity index is 0. The number of benzene rings is 2. The van der Waals surface area contributed by atoms with Crippen LogP contribution in [-0.4, -0.2) is 35.8 Å². The molecule has 2 aromatic rings. The molecule has 0 aromatic heterocycles. The van der Waals surface area contributed by atoms with Crippen LogP contribution in [0.4, 0.5) is 11.4 Å². The van der Waals surface area contributed by atoms with Crippen molar-refractivity contribution in [2.75, 3.05) is 0 Å². The van der Waals surface area contributed by atoms with E-state index in [0.717, 1.165) is 48.5 Å². The predicted molar refractivity (Wildman–Crippen MR) is 86.8 cm³/mol. The third-order valence-electron chi connectivity index (χ3n) is 2.49. The maximum atomic E-state index is 10.2. The Morgan fingerprint density at radius 3 is 1.00 bits per heavy atom. The number of nitro groups is 2. The zero-order chi connectivity index (χ0) is 21.5. The van der Waals surface area contributed by atoms with Crippen molar-refractivity contribution >= 4 is 32.2 Å². The van der Waals surface area contributed by atoms with E-state index in [-0.39, 0.29) is 82.0 Å². The normalized spacial score (nSPS) is 10.2. The number of hydrogen-bond acceptors (Lipinski definition) is 12. The second kappa shape index (κ2) is 13.2. The van der Waals surface area contributed by atoms with Crippen LogP contribution in [0.5, 0.6) is 11.5 Å². The molecule has 0 spiro atoms. The van der Waals surface area contributed by atoms with E-state index < -0.39 is 30.6 Å². The van der Waals surface area contributed by atoms with E-state index in [1.54, 1.807) is 0 Å². The fraction of sp³-hybridized carbons (Fsp3) is 0. The van der Waals surface area contributed by atoms with Crippen LogP contribution >= 0.6 is 0 Å². The first kappa shape index (κ1) is 30.9. The van der Waals surface area contributed by atoms with Gasteiger partial charge in [0.15, 0.2) is 0 Å². The molecule has 0 bridgehead atoms. The summed E-state index contributed by atoms with van der Waals surface area (Å²) in [5.74, 6) is -0.517. The van der Waals surface area contributed by atoms with Gasteiger partial charge in [-0.1, -0.05) is 0 Å². The molecule has 0 saturated carbocycles. The summed E-state index contributed by atoms with van der Waals surface area (Å²) in [5, 5.41) is 20.4. The quantitative estimate of drug-likeness (QED) is 0.124. The van der Waals surface area contributed by atoms with Crippen LogP contribution in [0, 0.1) is 20.2 Å². The van der Waals surface area contributed by atoms with Gasteiger partial charge in [-0.25, -0.2) is 16.8 Å². The average molecular weight is 482 g/mol. The Morgan fingerprint density at radius 2 is 0.833 bits per heavy atom. The zero-order valence-corrected chi connectivity index (χ0v) is 20.9. The van der Waals surface area contributed by atoms with E-state index in [4.69, 9.17) is 0 Å². The number of nitro benzene ring substituents is 2. The van der Waals surface area contributed by atoms with E-state index in [1.807, 2.05) is 0 Å². The Morgan fingerprint density at radius 1 is 0.600 bits per heavy atom. The van der Waals surface area contributed by atoms with Crippen molar-refractivity contribution in [3.8, 4) is 11.5 Å². The van der Waals surface area contributed by atoms with Gasteiger partial charge < -0.3 is 17.5 Å². The molecule has 0 aliphatic rings. The van der Waals surface area contributed by atoms with E-state index in [0.29, 0.717) is 0 Å². The molecule has 2 aromatic carbocycles. The molecule has 0 fully saturated rings. The molecule has 18 heteroatoms. The largest absolute Gasteiger partial charge is 1.00 e. The van der Waals surface area contributed by atoms with Crippen LogP contribution in [-0.2, 0) is 20.8 Å². The minimum Gasteiger partial charge on any atom is -0.716 e. The third-order valence-corrected chi connectivity index (χ3v) is 3.28. The molecule has 14 nitrogen and oxygen atoms in total. The first-order valence-corrected chi connectivity index (χ1v) is 9.23. The summed E-state index contributed by atoms with van der Waals surface area (Å²) in [4.78, 5) is 19.0. The maximum absolute atomic E-state index is 10.2. The van der Waals surface area contributed by atoms with Gasteiger partial charge in [-0.05, 0) is 24.3 Å². The van der Waals surface area contributed by atoms with Gasteiger partial charge in [-0.15, -0.1) is 0 Å². The Kier molecular flexibility index (Phi) is 13.5. The van der Waals surface area contributed by atoms with Gasteiger partial charge in [0.1, 0.15) is 11.5 Å². The van der Waals surface area contributed by atoms with Crippen molar-refractivity contribution in [3.05, 3.63) is 68.8 Å². The molecular weight excluding hydrogens is 474 g/mol. The number of non-ortho nitro benzene ring substituents is 2. The fourth-order valence-electron chi connectivity index (χ4n) is 1.48. The number of rotatable bonds is 6. The van der Waals surface area contributed by atoms with Gasteiger partial charge in [-0.3, -0.25) is 20.2 Å². The monoisotopic (exact) mass is 482 g/mol. The standard InChI is InChI=1S/2C6H5NO6S.2Na/c2*8-7(9)5-1-3-6(4-2-5)13-14(10,11)12;;/h2*1-4H,(H,10,11,12);;/q;;2*+1/p-2. The van der Waals surface area contributed by atoms with Gasteiger partial charge >= 0.3 is 59.1 Å². The van der Waals surface area contributed by atoms with Crippen molar-refractivity contribution in [3.63, 3.8) is 0 Å². The smallest absolute Gasteiger partial charge is 0.716 e. The Bertz CT molecular complexity index is 970. The predicted octanol–water partition coefficient (Wildman–Crippen LogP) is -5.12. The minimum atomic E-state index is -4.83. The van der Waals surface area contributed by atoms with Crippen LogP contribution in [0.2, 0.25) is 0 Å². The zero-order valence-electron chi connectivity index (χ0n) is 15.2. The summed E-state index contributed by atoms with van der Waals surface area (Å²) in [6.45, 7) is 0. The van der Waals surface area contributed by atoms with Crippen LogP contribution < -0.4 is 67.5 Å². The number of hydrogen-bond donors (Lipinski definition) is 0. The van der Waals surface area contributed by atoms with Crippen molar-refractivity contribution in [1.82, 2.24) is 0 Å².